The molecular weight excluding hydrogens is 410 g/mol. The van der Waals surface area contributed by atoms with E-state index < -0.39 is 27.5 Å². The van der Waals surface area contributed by atoms with Crippen molar-refractivity contribution in [1.29, 1.82) is 0 Å². The van der Waals surface area contributed by atoms with Crippen LogP contribution in [0.4, 0.5) is 4.79 Å². The fourth-order valence-electron chi connectivity index (χ4n) is 3.12. The van der Waals surface area contributed by atoms with Gasteiger partial charge >= 0.3 is 6.03 Å². The fraction of sp³-hybridized carbons (Fsp3) is 0.400. The highest BCUT2D eigenvalue weighted by Gasteiger charge is 2.44. The first-order chi connectivity index (χ1) is 14.1. The van der Waals surface area contributed by atoms with Crippen molar-refractivity contribution >= 4 is 22.0 Å². The van der Waals surface area contributed by atoms with Gasteiger partial charge in [0.05, 0.1) is 24.3 Å². The van der Waals surface area contributed by atoms with Crippen LogP contribution in [0.3, 0.4) is 0 Å². The van der Waals surface area contributed by atoms with Crippen molar-refractivity contribution in [3.05, 3.63) is 48.4 Å². The zero-order valence-electron chi connectivity index (χ0n) is 17.1. The molecule has 1 aliphatic heterocycles. The van der Waals surface area contributed by atoms with E-state index in [4.69, 9.17) is 9.15 Å². The highest BCUT2D eigenvalue weighted by molar-refractivity contribution is 7.89. The minimum Gasteiger partial charge on any atom is -0.494 e. The van der Waals surface area contributed by atoms with Crippen molar-refractivity contribution < 1.29 is 27.2 Å². The largest absolute Gasteiger partial charge is 0.494 e. The van der Waals surface area contributed by atoms with Crippen LogP contribution in [0.5, 0.6) is 5.75 Å². The second-order valence-corrected chi connectivity index (χ2v) is 9.27. The van der Waals surface area contributed by atoms with E-state index in [9.17, 15) is 18.0 Å². The third kappa shape index (κ3) is 4.49. The number of carbonyl (C=O) groups excluding carboxylic acids is 2. The van der Waals surface area contributed by atoms with Crippen molar-refractivity contribution in [3.8, 4) is 5.75 Å². The number of hydrogen-bond donors (Lipinski definition) is 1. The smallest absolute Gasteiger partial charge is 0.325 e. The van der Waals surface area contributed by atoms with E-state index in [0.717, 1.165) is 4.90 Å². The van der Waals surface area contributed by atoms with E-state index in [0.29, 0.717) is 18.1 Å². The molecule has 0 saturated carbocycles. The van der Waals surface area contributed by atoms with E-state index in [2.05, 4.69) is 5.32 Å². The standard InChI is InChI=1S/C20H25N3O6S/c1-4-28-15-7-9-17(10-8-15)30(26,27)22(14-16-6-5-13-29-16)11-12-23-18(24)20(2,3)21-19(23)25/h5-10,13H,4,11-12,14H2,1-3H3,(H,21,25). The van der Waals surface area contributed by atoms with E-state index in [1.165, 1.54) is 22.7 Å². The average Bonchev–Trinajstić information content (AvgIpc) is 3.26. The zero-order chi connectivity index (χ0) is 21.9. The lowest BCUT2D eigenvalue weighted by Crippen LogP contribution is -2.42. The number of nitrogens with zero attached hydrogens (tertiary/aromatic N) is 2. The van der Waals surface area contributed by atoms with Gasteiger partial charge in [0, 0.05) is 13.1 Å². The second-order valence-electron chi connectivity index (χ2n) is 7.33. The Kier molecular flexibility index (Phi) is 6.18. The lowest BCUT2D eigenvalue weighted by Gasteiger charge is -2.24. The highest BCUT2D eigenvalue weighted by Crippen LogP contribution is 2.23. The molecule has 0 unspecified atom stereocenters. The van der Waals surface area contributed by atoms with Gasteiger partial charge < -0.3 is 14.5 Å². The van der Waals surface area contributed by atoms with Crippen LogP contribution >= 0.6 is 0 Å². The summed E-state index contributed by atoms with van der Waals surface area (Å²) in [6.45, 7) is 5.33. The summed E-state index contributed by atoms with van der Waals surface area (Å²) in [4.78, 5) is 25.7. The van der Waals surface area contributed by atoms with Crippen LogP contribution in [0.2, 0.25) is 0 Å². The van der Waals surface area contributed by atoms with E-state index in [-0.39, 0.29) is 24.5 Å². The monoisotopic (exact) mass is 435 g/mol. The highest BCUT2D eigenvalue weighted by atomic mass is 32.2. The van der Waals surface area contributed by atoms with Crippen LogP contribution in [0.15, 0.2) is 52.0 Å². The molecule has 30 heavy (non-hydrogen) atoms. The summed E-state index contributed by atoms with van der Waals surface area (Å²) in [5, 5.41) is 2.59. The number of hydrogen-bond acceptors (Lipinski definition) is 6. The number of benzene rings is 1. The number of ether oxygens (including phenoxy) is 1. The molecule has 1 saturated heterocycles. The van der Waals surface area contributed by atoms with Crippen LogP contribution in [0, 0.1) is 0 Å². The molecule has 3 rings (SSSR count). The topological polar surface area (TPSA) is 109 Å². The zero-order valence-corrected chi connectivity index (χ0v) is 17.9. The van der Waals surface area contributed by atoms with Crippen LogP contribution in [0.25, 0.3) is 0 Å². The van der Waals surface area contributed by atoms with E-state index in [1.807, 2.05) is 6.92 Å². The maximum atomic E-state index is 13.3. The number of furan rings is 1. The van der Waals surface area contributed by atoms with Crippen LogP contribution in [-0.2, 0) is 21.4 Å². The van der Waals surface area contributed by atoms with Crippen LogP contribution in [0.1, 0.15) is 26.5 Å². The van der Waals surface area contributed by atoms with Gasteiger partial charge in [-0.05, 0) is 57.2 Å². The summed E-state index contributed by atoms with van der Waals surface area (Å²) in [5.41, 5.74) is -1.02. The summed E-state index contributed by atoms with van der Waals surface area (Å²) < 4.78 is 38.4. The number of amides is 3. The Labute approximate surface area is 175 Å². The molecule has 2 heterocycles. The first-order valence-corrected chi connectivity index (χ1v) is 11.0. The van der Waals surface area contributed by atoms with E-state index in [1.54, 1.807) is 38.1 Å². The van der Waals surface area contributed by atoms with Gasteiger partial charge in [0.15, 0.2) is 0 Å². The molecule has 1 aromatic heterocycles. The summed E-state index contributed by atoms with van der Waals surface area (Å²) in [5.74, 6) is 0.613. The lowest BCUT2D eigenvalue weighted by molar-refractivity contribution is -0.130. The Bertz CT molecular complexity index is 1000. The number of nitrogens with one attached hydrogen (secondary N) is 1. The molecule has 0 radical (unpaired) electrons. The number of carbonyl (C=O) groups is 2. The number of urea groups is 1. The molecule has 0 spiro atoms. The van der Waals surface area contributed by atoms with Crippen LogP contribution in [-0.4, -0.2) is 54.8 Å². The van der Waals surface area contributed by atoms with Crippen molar-refractivity contribution in [1.82, 2.24) is 14.5 Å². The Morgan fingerprint density at radius 1 is 1.17 bits per heavy atom. The molecule has 1 N–H and O–H groups in total. The molecule has 2 aromatic rings. The normalized spacial score (nSPS) is 16.2. The molecule has 0 bridgehead atoms. The maximum absolute atomic E-state index is 13.3. The molecule has 1 aromatic carbocycles. The first kappa shape index (κ1) is 21.8. The third-order valence-electron chi connectivity index (χ3n) is 4.70. The first-order valence-electron chi connectivity index (χ1n) is 9.54. The molecule has 162 valence electrons. The lowest BCUT2D eigenvalue weighted by atomic mass is 10.1. The molecule has 0 aliphatic carbocycles. The number of sulfonamides is 1. The van der Waals surface area contributed by atoms with Gasteiger partial charge in [0.1, 0.15) is 17.0 Å². The molecule has 1 fully saturated rings. The van der Waals surface area contributed by atoms with Gasteiger partial charge in [-0.3, -0.25) is 9.69 Å². The third-order valence-corrected chi connectivity index (χ3v) is 6.56. The summed E-state index contributed by atoms with van der Waals surface area (Å²) in [6, 6.07) is 8.89. The minimum atomic E-state index is -3.92. The van der Waals surface area contributed by atoms with Gasteiger partial charge in [-0.25, -0.2) is 13.2 Å². The predicted molar refractivity (Wildman–Crippen MR) is 108 cm³/mol. The molecule has 3 amide bonds. The Hall–Kier alpha value is -2.85. The van der Waals surface area contributed by atoms with Gasteiger partial charge in [-0.1, -0.05) is 0 Å². The Balaban J connectivity index is 1.83. The SMILES string of the molecule is CCOc1ccc(S(=O)(=O)N(CCN2C(=O)NC(C)(C)C2=O)Cc2ccco2)cc1. The molecule has 0 atom stereocenters. The maximum Gasteiger partial charge on any atom is 0.325 e. The number of rotatable bonds is 9. The molecule has 9 nitrogen and oxygen atoms in total. The Morgan fingerprint density at radius 3 is 2.40 bits per heavy atom. The predicted octanol–water partition coefficient (Wildman–Crippen LogP) is 2.20. The summed E-state index contributed by atoms with van der Waals surface area (Å²) in [6.07, 6.45) is 1.46. The van der Waals surface area contributed by atoms with Crippen molar-refractivity contribution in [2.45, 2.75) is 37.8 Å². The second kappa shape index (κ2) is 8.49. The van der Waals surface area contributed by atoms with Crippen molar-refractivity contribution in [2.24, 2.45) is 0 Å². The summed E-state index contributed by atoms with van der Waals surface area (Å²) >= 11 is 0. The van der Waals surface area contributed by atoms with Crippen molar-refractivity contribution in [2.75, 3.05) is 19.7 Å². The van der Waals surface area contributed by atoms with Gasteiger partial charge in [-0.15, -0.1) is 0 Å². The average molecular weight is 436 g/mol. The van der Waals surface area contributed by atoms with E-state index >= 15 is 0 Å². The van der Waals surface area contributed by atoms with Gasteiger partial charge in [0.2, 0.25) is 10.0 Å². The van der Waals surface area contributed by atoms with Crippen LogP contribution < -0.4 is 10.1 Å². The van der Waals surface area contributed by atoms with Gasteiger partial charge in [-0.2, -0.15) is 4.31 Å². The molecule has 10 heteroatoms. The quantitative estimate of drug-likeness (QED) is 0.605. The fourth-order valence-corrected chi connectivity index (χ4v) is 4.51. The summed E-state index contributed by atoms with van der Waals surface area (Å²) in [7, 11) is -3.92. The number of imide groups is 1. The Morgan fingerprint density at radius 2 is 1.87 bits per heavy atom. The van der Waals surface area contributed by atoms with Gasteiger partial charge in [0.25, 0.3) is 5.91 Å². The minimum absolute atomic E-state index is 0.0322. The molecule has 1 aliphatic rings. The van der Waals surface area contributed by atoms with Crippen molar-refractivity contribution in [3.63, 3.8) is 0 Å². The molecular formula is C20H25N3O6S.